The fraction of sp³-hybridized carbons (Fsp3) is 0.500. The highest BCUT2D eigenvalue weighted by Crippen LogP contribution is 2.31. The highest BCUT2D eigenvalue weighted by molar-refractivity contribution is 6.07. The first-order valence-electron chi connectivity index (χ1n) is 10.2. The van der Waals surface area contributed by atoms with Gasteiger partial charge in [-0.1, -0.05) is 0 Å². The molecule has 5 rings (SSSR count). The molecule has 0 unspecified atom stereocenters. The molecule has 4 heterocycles. The standard InChI is InChI=1S/C20H24N6O4/c1-25-8-6-16(23-25)21-18(27)15-10-13-11-26(20(28)7-3-9-29-12-20)24-17(13)22-19(15)30-14-4-2-5-14/h6,8,10-11,14,28H,2-5,7,9,12H2,1H3,(H,21,23,27)/t20-/m1/s1. The number of hydrogen-bond acceptors (Lipinski definition) is 7. The van der Waals surface area contributed by atoms with Gasteiger partial charge in [-0.15, -0.1) is 5.10 Å². The molecule has 2 N–H and O–H groups in total. The van der Waals surface area contributed by atoms with Gasteiger partial charge in [-0.3, -0.25) is 9.48 Å². The second-order valence-electron chi connectivity index (χ2n) is 7.97. The third-order valence-electron chi connectivity index (χ3n) is 5.62. The van der Waals surface area contributed by atoms with Crippen LogP contribution in [0.1, 0.15) is 42.5 Å². The van der Waals surface area contributed by atoms with Crippen LogP contribution in [0, 0.1) is 0 Å². The molecule has 10 heteroatoms. The predicted octanol–water partition coefficient (Wildman–Crippen LogP) is 1.80. The van der Waals surface area contributed by atoms with Crippen LogP contribution in [0.4, 0.5) is 5.82 Å². The predicted molar refractivity (Wildman–Crippen MR) is 107 cm³/mol. The number of nitrogens with one attached hydrogen (secondary N) is 1. The van der Waals surface area contributed by atoms with E-state index in [1.807, 2.05) is 0 Å². The Morgan fingerprint density at radius 2 is 2.23 bits per heavy atom. The van der Waals surface area contributed by atoms with Crippen LogP contribution in [-0.2, 0) is 17.5 Å². The average Bonchev–Trinajstić information content (AvgIpc) is 3.30. The molecular weight excluding hydrogens is 388 g/mol. The summed E-state index contributed by atoms with van der Waals surface area (Å²) in [5, 5.41) is 23.0. The van der Waals surface area contributed by atoms with Crippen molar-refractivity contribution in [3.63, 3.8) is 0 Å². The van der Waals surface area contributed by atoms with E-state index in [9.17, 15) is 9.90 Å². The second kappa shape index (κ2) is 7.37. The molecular formula is C20H24N6O4. The molecule has 158 valence electrons. The van der Waals surface area contributed by atoms with Gasteiger partial charge in [0.25, 0.3) is 5.91 Å². The molecule has 1 aliphatic heterocycles. The average molecular weight is 412 g/mol. The number of aryl methyl sites for hydroxylation is 1. The van der Waals surface area contributed by atoms with Crippen molar-refractivity contribution in [2.24, 2.45) is 7.05 Å². The minimum absolute atomic E-state index is 0.0503. The van der Waals surface area contributed by atoms with Gasteiger partial charge in [-0.05, 0) is 31.7 Å². The topological polar surface area (TPSA) is 116 Å². The van der Waals surface area contributed by atoms with Crippen molar-refractivity contribution in [1.29, 1.82) is 0 Å². The summed E-state index contributed by atoms with van der Waals surface area (Å²) in [4.78, 5) is 17.5. The van der Waals surface area contributed by atoms with Crippen LogP contribution in [0.2, 0.25) is 0 Å². The maximum atomic E-state index is 13.0. The van der Waals surface area contributed by atoms with E-state index < -0.39 is 5.72 Å². The lowest BCUT2D eigenvalue weighted by molar-refractivity contribution is -0.145. The van der Waals surface area contributed by atoms with Crippen molar-refractivity contribution in [3.8, 4) is 5.88 Å². The van der Waals surface area contributed by atoms with Crippen LogP contribution < -0.4 is 10.1 Å². The fourth-order valence-corrected chi connectivity index (χ4v) is 3.66. The molecule has 0 aromatic carbocycles. The molecule has 0 radical (unpaired) electrons. The number of pyridine rings is 1. The van der Waals surface area contributed by atoms with E-state index in [0.717, 1.165) is 25.7 Å². The van der Waals surface area contributed by atoms with Gasteiger partial charge in [0.05, 0.1) is 6.61 Å². The van der Waals surface area contributed by atoms with Crippen LogP contribution in [-0.4, -0.2) is 54.9 Å². The highest BCUT2D eigenvalue weighted by atomic mass is 16.5. The van der Waals surface area contributed by atoms with Crippen LogP contribution in [0.5, 0.6) is 5.88 Å². The minimum atomic E-state index is -1.22. The zero-order valence-electron chi connectivity index (χ0n) is 16.7. The molecule has 3 aromatic heterocycles. The number of fused-ring (bicyclic) bond motifs is 1. The molecule has 1 atom stereocenters. The number of carbonyl (C=O) groups is 1. The summed E-state index contributed by atoms with van der Waals surface area (Å²) in [5.41, 5.74) is -0.492. The molecule has 0 bridgehead atoms. The summed E-state index contributed by atoms with van der Waals surface area (Å²) in [6.07, 6.45) is 7.76. The van der Waals surface area contributed by atoms with Crippen molar-refractivity contribution in [1.82, 2.24) is 24.5 Å². The Bertz CT molecular complexity index is 1080. The number of rotatable bonds is 5. The molecule has 2 aliphatic rings. The molecule has 30 heavy (non-hydrogen) atoms. The third-order valence-corrected chi connectivity index (χ3v) is 5.62. The number of nitrogens with zero attached hydrogens (tertiary/aromatic N) is 5. The SMILES string of the molecule is Cn1ccc(NC(=O)c2cc3cn([C@@]4(O)CCCOC4)nc3nc2OC2CCC2)n1. The number of aromatic nitrogens is 5. The molecule has 2 fully saturated rings. The lowest BCUT2D eigenvalue weighted by Gasteiger charge is -2.31. The van der Waals surface area contributed by atoms with Gasteiger partial charge in [0.1, 0.15) is 11.7 Å². The minimum Gasteiger partial charge on any atom is -0.474 e. The number of anilines is 1. The van der Waals surface area contributed by atoms with E-state index >= 15 is 0 Å². The van der Waals surface area contributed by atoms with Crippen LogP contribution in [0.15, 0.2) is 24.5 Å². The largest absolute Gasteiger partial charge is 0.474 e. The van der Waals surface area contributed by atoms with Crippen molar-refractivity contribution in [2.75, 3.05) is 18.5 Å². The quantitative estimate of drug-likeness (QED) is 0.656. The number of carbonyl (C=O) groups excluding carboxylic acids is 1. The summed E-state index contributed by atoms with van der Waals surface area (Å²) < 4.78 is 14.5. The van der Waals surface area contributed by atoms with E-state index in [0.29, 0.717) is 35.4 Å². The summed E-state index contributed by atoms with van der Waals surface area (Å²) in [6.45, 7) is 0.790. The normalized spacial score (nSPS) is 22.1. The number of amides is 1. The van der Waals surface area contributed by atoms with Crippen LogP contribution >= 0.6 is 0 Å². The summed E-state index contributed by atoms with van der Waals surface area (Å²) in [7, 11) is 1.78. The third kappa shape index (κ3) is 3.52. The lowest BCUT2D eigenvalue weighted by Crippen LogP contribution is -2.42. The van der Waals surface area contributed by atoms with Gasteiger partial charge in [-0.2, -0.15) is 10.1 Å². The number of ether oxygens (including phenoxy) is 2. The van der Waals surface area contributed by atoms with Crippen molar-refractivity contribution < 1.29 is 19.4 Å². The maximum Gasteiger partial charge on any atom is 0.262 e. The molecule has 1 saturated carbocycles. The Morgan fingerprint density at radius 1 is 1.37 bits per heavy atom. The van der Waals surface area contributed by atoms with Gasteiger partial charge in [0.2, 0.25) is 5.88 Å². The molecule has 10 nitrogen and oxygen atoms in total. The van der Waals surface area contributed by atoms with Crippen molar-refractivity contribution in [2.45, 2.75) is 43.9 Å². The summed E-state index contributed by atoms with van der Waals surface area (Å²) in [6, 6.07) is 3.41. The Labute approximate surface area is 172 Å². The van der Waals surface area contributed by atoms with Crippen LogP contribution in [0.3, 0.4) is 0 Å². The zero-order valence-corrected chi connectivity index (χ0v) is 16.7. The maximum absolute atomic E-state index is 13.0. The first kappa shape index (κ1) is 19.0. The van der Waals surface area contributed by atoms with E-state index in [2.05, 4.69) is 20.5 Å². The highest BCUT2D eigenvalue weighted by Gasteiger charge is 2.34. The molecule has 1 aliphatic carbocycles. The van der Waals surface area contributed by atoms with Crippen molar-refractivity contribution in [3.05, 3.63) is 30.1 Å². The Balaban J connectivity index is 1.51. The zero-order chi connectivity index (χ0) is 20.7. The van der Waals surface area contributed by atoms with Gasteiger partial charge in [0.15, 0.2) is 17.2 Å². The Hall–Kier alpha value is -2.98. The van der Waals surface area contributed by atoms with E-state index in [4.69, 9.17) is 9.47 Å². The Kier molecular flexibility index (Phi) is 4.67. The van der Waals surface area contributed by atoms with Gasteiger partial charge < -0.3 is 19.9 Å². The summed E-state index contributed by atoms with van der Waals surface area (Å²) in [5.74, 6) is 0.337. The first-order valence-corrected chi connectivity index (χ1v) is 10.2. The van der Waals surface area contributed by atoms with Crippen LogP contribution in [0.25, 0.3) is 11.0 Å². The van der Waals surface area contributed by atoms with E-state index in [1.165, 1.54) is 4.68 Å². The molecule has 3 aromatic rings. The smallest absolute Gasteiger partial charge is 0.262 e. The second-order valence-corrected chi connectivity index (χ2v) is 7.97. The fourth-order valence-electron chi connectivity index (χ4n) is 3.66. The van der Waals surface area contributed by atoms with Gasteiger partial charge in [0, 0.05) is 43.9 Å². The number of aliphatic hydroxyl groups is 1. The number of hydrogen-bond donors (Lipinski definition) is 2. The summed E-state index contributed by atoms with van der Waals surface area (Å²) >= 11 is 0. The first-order chi connectivity index (χ1) is 14.5. The Morgan fingerprint density at radius 3 is 2.90 bits per heavy atom. The van der Waals surface area contributed by atoms with Crippen molar-refractivity contribution >= 4 is 22.8 Å². The van der Waals surface area contributed by atoms with E-state index in [1.54, 1.807) is 36.3 Å². The monoisotopic (exact) mass is 412 g/mol. The van der Waals surface area contributed by atoms with Gasteiger partial charge >= 0.3 is 0 Å². The lowest BCUT2D eigenvalue weighted by atomic mass is 9.96. The van der Waals surface area contributed by atoms with E-state index in [-0.39, 0.29) is 24.5 Å². The molecule has 0 spiro atoms. The molecule has 1 saturated heterocycles. The molecule has 1 amide bonds. The van der Waals surface area contributed by atoms with Gasteiger partial charge in [-0.25, -0.2) is 4.68 Å².